The second kappa shape index (κ2) is 6.89. The van der Waals surface area contributed by atoms with Crippen molar-refractivity contribution < 1.29 is 14.3 Å². The molecule has 27 heavy (non-hydrogen) atoms. The highest BCUT2D eigenvalue weighted by molar-refractivity contribution is 5.81. The van der Waals surface area contributed by atoms with E-state index in [-0.39, 0.29) is 12.2 Å². The average Bonchev–Trinajstić information content (AvgIpc) is 2.95. The highest BCUT2D eigenvalue weighted by Crippen LogP contribution is 2.22. The molecule has 0 amide bonds. The van der Waals surface area contributed by atoms with Crippen LogP contribution < -0.4 is 10.4 Å². The van der Waals surface area contributed by atoms with Crippen LogP contribution in [0.5, 0.6) is 5.75 Å². The lowest BCUT2D eigenvalue weighted by Gasteiger charge is -2.15. The molecule has 1 N–H and O–H groups in total. The minimum absolute atomic E-state index is 0.119. The van der Waals surface area contributed by atoms with Gasteiger partial charge in [-0.25, -0.2) is 9.78 Å². The molecule has 4 aromatic rings. The van der Waals surface area contributed by atoms with Crippen molar-refractivity contribution in [1.29, 1.82) is 0 Å². The zero-order chi connectivity index (χ0) is 19.0. The van der Waals surface area contributed by atoms with E-state index in [1.54, 1.807) is 12.1 Å². The maximum atomic E-state index is 11.5. The third-order valence-corrected chi connectivity index (χ3v) is 4.60. The molecule has 138 valence electrons. The lowest BCUT2D eigenvalue weighted by atomic mass is 10.1. The molecule has 2 heterocycles. The van der Waals surface area contributed by atoms with E-state index in [0.29, 0.717) is 17.9 Å². The first-order valence-corrected chi connectivity index (χ1v) is 8.78. The fourth-order valence-corrected chi connectivity index (χ4v) is 3.28. The molecule has 0 aliphatic rings. The third-order valence-electron chi connectivity index (χ3n) is 4.60. The molecule has 0 aliphatic carbocycles. The molecule has 6 heteroatoms. The summed E-state index contributed by atoms with van der Waals surface area (Å²) in [6, 6.07) is 14.6. The molecule has 6 nitrogen and oxygen atoms in total. The topological polar surface area (TPSA) is 77.5 Å². The van der Waals surface area contributed by atoms with Gasteiger partial charge in [-0.05, 0) is 43.7 Å². The first kappa shape index (κ1) is 17.3. The molecule has 0 spiro atoms. The number of ether oxygens (including phenoxy) is 1. The van der Waals surface area contributed by atoms with Crippen LogP contribution in [0, 0.1) is 13.8 Å². The number of nitrogens with zero attached hydrogens (tertiary/aromatic N) is 2. The Morgan fingerprint density at radius 2 is 2.00 bits per heavy atom. The molecular weight excluding hydrogens is 344 g/mol. The number of imidazole rings is 1. The van der Waals surface area contributed by atoms with Crippen LogP contribution in [-0.2, 0) is 6.54 Å². The molecule has 0 aliphatic heterocycles. The van der Waals surface area contributed by atoms with Gasteiger partial charge in [-0.1, -0.05) is 12.1 Å². The van der Waals surface area contributed by atoms with Gasteiger partial charge >= 0.3 is 5.63 Å². The SMILES string of the molecule is Cc1cc(=O)oc2cc(OC[C@@H](O)Cn3c(C)nc4ccccc43)ccc12. The van der Waals surface area contributed by atoms with E-state index in [1.807, 2.05) is 48.7 Å². The zero-order valence-electron chi connectivity index (χ0n) is 15.2. The Hall–Kier alpha value is -3.12. The molecule has 0 fully saturated rings. The molecule has 0 saturated heterocycles. The number of benzene rings is 2. The quantitative estimate of drug-likeness (QED) is 0.550. The standard InChI is InChI=1S/C21H20N2O4/c1-13-9-21(25)27-20-10-16(7-8-17(13)20)26-12-15(24)11-23-14(2)22-18-5-3-4-6-19(18)23/h3-10,15,24H,11-12H2,1-2H3/t15-/m0/s1. The number of aryl methyl sites for hydroxylation is 2. The average molecular weight is 364 g/mol. The predicted molar refractivity (Wildman–Crippen MR) is 103 cm³/mol. The largest absolute Gasteiger partial charge is 0.491 e. The summed E-state index contributed by atoms with van der Waals surface area (Å²) in [4.78, 5) is 16.0. The monoisotopic (exact) mass is 364 g/mol. The van der Waals surface area contributed by atoms with Crippen LogP contribution in [0.2, 0.25) is 0 Å². The van der Waals surface area contributed by atoms with Crippen molar-refractivity contribution in [3.63, 3.8) is 0 Å². The van der Waals surface area contributed by atoms with Gasteiger partial charge in [-0.3, -0.25) is 0 Å². The van der Waals surface area contributed by atoms with Crippen LogP contribution in [0.15, 0.2) is 57.7 Å². The predicted octanol–water partition coefficient (Wildman–Crippen LogP) is 3.20. The van der Waals surface area contributed by atoms with Gasteiger partial charge < -0.3 is 18.8 Å². The molecule has 4 rings (SSSR count). The minimum atomic E-state index is -0.707. The number of para-hydroxylation sites is 2. The molecule has 0 saturated carbocycles. The van der Waals surface area contributed by atoms with Crippen LogP contribution in [0.3, 0.4) is 0 Å². The second-order valence-electron chi connectivity index (χ2n) is 6.63. The van der Waals surface area contributed by atoms with E-state index in [2.05, 4.69) is 4.98 Å². The summed E-state index contributed by atoms with van der Waals surface area (Å²) in [7, 11) is 0. The Labute approximate surface area is 155 Å². The first-order chi connectivity index (χ1) is 13.0. The zero-order valence-corrected chi connectivity index (χ0v) is 15.2. The number of fused-ring (bicyclic) bond motifs is 2. The van der Waals surface area contributed by atoms with E-state index < -0.39 is 6.10 Å². The Morgan fingerprint density at radius 1 is 1.19 bits per heavy atom. The van der Waals surface area contributed by atoms with E-state index in [4.69, 9.17) is 9.15 Å². The van der Waals surface area contributed by atoms with Crippen molar-refractivity contribution in [2.45, 2.75) is 26.5 Å². The van der Waals surface area contributed by atoms with Gasteiger partial charge in [-0.2, -0.15) is 0 Å². The summed E-state index contributed by atoms with van der Waals surface area (Å²) in [6.45, 7) is 4.28. The highest BCUT2D eigenvalue weighted by Gasteiger charge is 2.13. The molecule has 0 unspecified atom stereocenters. The third kappa shape index (κ3) is 3.44. The number of rotatable bonds is 5. The van der Waals surface area contributed by atoms with Crippen molar-refractivity contribution in [2.75, 3.05) is 6.61 Å². The fourth-order valence-electron chi connectivity index (χ4n) is 3.28. The molecule has 2 aromatic carbocycles. The lowest BCUT2D eigenvalue weighted by Crippen LogP contribution is -2.24. The Balaban J connectivity index is 1.49. The molecule has 0 bridgehead atoms. The van der Waals surface area contributed by atoms with Crippen molar-refractivity contribution in [3.8, 4) is 5.75 Å². The summed E-state index contributed by atoms with van der Waals surface area (Å²) in [5.41, 5.74) is 2.83. The van der Waals surface area contributed by atoms with Gasteiger partial charge in [0.2, 0.25) is 0 Å². The van der Waals surface area contributed by atoms with E-state index in [9.17, 15) is 9.90 Å². The molecule has 0 radical (unpaired) electrons. The van der Waals surface area contributed by atoms with Crippen molar-refractivity contribution in [3.05, 3.63) is 70.3 Å². The highest BCUT2D eigenvalue weighted by atomic mass is 16.5. The van der Waals surface area contributed by atoms with Crippen LogP contribution in [-0.4, -0.2) is 27.4 Å². The van der Waals surface area contributed by atoms with Crippen LogP contribution in [0.25, 0.3) is 22.0 Å². The number of aliphatic hydroxyl groups is 1. The maximum Gasteiger partial charge on any atom is 0.336 e. The first-order valence-electron chi connectivity index (χ1n) is 8.78. The normalized spacial score (nSPS) is 12.6. The van der Waals surface area contributed by atoms with Gasteiger partial charge in [0.25, 0.3) is 0 Å². The summed E-state index contributed by atoms with van der Waals surface area (Å²) in [5, 5.41) is 11.3. The molecule has 1 atom stereocenters. The molecule has 2 aromatic heterocycles. The van der Waals surface area contributed by atoms with E-state index in [1.165, 1.54) is 6.07 Å². The van der Waals surface area contributed by atoms with Crippen molar-refractivity contribution >= 4 is 22.0 Å². The van der Waals surface area contributed by atoms with Gasteiger partial charge in [-0.15, -0.1) is 0 Å². The van der Waals surface area contributed by atoms with Gasteiger partial charge in [0.15, 0.2) is 0 Å². The van der Waals surface area contributed by atoms with Gasteiger partial charge in [0.05, 0.1) is 17.6 Å². The summed E-state index contributed by atoms with van der Waals surface area (Å²) in [5.74, 6) is 1.39. The number of aromatic nitrogens is 2. The smallest absolute Gasteiger partial charge is 0.336 e. The van der Waals surface area contributed by atoms with Crippen LogP contribution >= 0.6 is 0 Å². The van der Waals surface area contributed by atoms with Crippen LogP contribution in [0.1, 0.15) is 11.4 Å². The van der Waals surface area contributed by atoms with Gasteiger partial charge in [0.1, 0.15) is 29.9 Å². The second-order valence-corrected chi connectivity index (χ2v) is 6.63. The summed E-state index contributed by atoms with van der Waals surface area (Å²) < 4.78 is 12.9. The summed E-state index contributed by atoms with van der Waals surface area (Å²) in [6.07, 6.45) is -0.707. The fraction of sp³-hybridized carbons (Fsp3) is 0.238. The van der Waals surface area contributed by atoms with Crippen LogP contribution in [0.4, 0.5) is 0 Å². The molecular formula is C21H20N2O4. The number of hydrogen-bond donors (Lipinski definition) is 1. The van der Waals surface area contributed by atoms with E-state index in [0.717, 1.165) is 27.8 Å². The summed E-state index contributed by atoms with van der Waals surface area (Å²) >= 11 is 0. The number of aliphatic hydroxyl groups excluding tert-OH is 1. The maximum absolute atomic E-state index is 11.5. The van der Waals surface area contributed by atoms with Crippen molar-refractivity contribution in [1.82, 2.24) is 9.55 Å². The van der Waals surface area contributed by atoms with Crippen molar-refractivity contribution in [2.24, 2.45) is 0 Å². The lowest BCUT2D eigenvalue weighted by molar-refractivity contribution is 0.0929. The Kier molecular flexibility index (Phi) is 4.41. The Bertz CT molecular complexity index is 1180. The minimum Gasteiger partial charge on any atom is -0.491 e. The number of hydrogen-bond acceptors (Lipinski definition) is 5. The van der Waals surface area contributed by atoms with Gasteiger partial charge in [0, 0.05) is 17.5 Å². The van der Waals surface area contributed by atoms with E-state index >= 15 is 0 Å². The Morgan fingerprint density at radius 3 is 2.85 bits per heavy atom.